The zero-order valence-electron chi connectivity index (χ0n) is 25.7. The minimum absolute atomic E-state index is 0.0848. The molecule has 0 saturated heterocycles. The Morgan fingerprint density at radius 2 is 0.420 bits per heavy atom. The standard InChI is InChI=1S/C38H18O12/c39-27-11-5-1-2-6-12(11)28(40)20-19(27)35(47)23-24(36(20)48)32(44)16-10-18-17(9-15(16)31(23)43)33(45)25-26(34(18)46)38(50)22-21(37(25)49)29(41)13-7-3-4-8-14(13)30(22)42/h9-10H,1-8H2. The van der Waals surface area contributed by atoms with Crippen molar-refractivity contribution < 1.29 is 0 Å². The summed E-state index contributed by atoms with van der Waals surface area (Å²) in [5.74, 6) is 0. The lowest BCUT2D eigenvalue weighted by molar-refractivity contribution is 0.680. The van der Waals surface area contributed by atoms with Gasteiger partial charge in [-0.05, 0) is 63.5 Å². The Kier molecular flexibility index (Phi) is 5.76. The van der Waals surface area contributed by atoms with E-state index in [2.05, 4.69) is 0 Å². The topological polar surface area (TPSA) is 205 Å². The Morgan fingerprint density at radius 3 is 0.620 bits per heavy atom. The highest BCUT2D eigenvalue weighted by atomic mass is 16.2. The maximum atomic E-state index is 13.9. The van der Waals surface area contributed by atoms with Gasteiger partial charge in [-0.3, -0.25) is 57.5 Å². The third-order valence-corrected chi connectivity index (χ3v) is 10.8. The van der Waals surface area contributed by atoms with Crippen LogP contribution in [0.4, 0.5) is 0 Å². The summed E-state index contributed by atoms with van der Waals surface area (Å²) in [5.41, 5.74) is -13.2. The Morgan fingerprint density at radius 1 is 0.240 bits per heavy atom. The maximum Gasteiger partial charge on any atom is 0.202 e. The molecule has 0 aliphatic heterocycles. The second kappa shape index (κ2) is 9.65. The molecule has 242 valence electrons. The molecule has 0 radical (unpaired) electrons. The summed E-state index contributed by atoms with van der Waals surface area (Å²) in [7, 11) is 0. The highest BCUT2D eigenvalue weighted by Gasteiger charge is 2.30. The van der Waals surface area contributed by atoms with E-state index in [4.69, 9.17) is 0 Å². The average Bonchev–Trinajstić information content (AvgIpc) is 3.11. The van der Waals surface area contributed by atoms with Gasteiger partial charge in [-0.1, -0.05) is 0 Å². The molecular weight excluding hydrogens is 648 g/mol. The van der Waals surface area contributed by atoms with Crippen molar-refractivity contribution in [3.05, 3.63) is 157 Å². The predicted molar refractivity (Wildman–Crippen MR) is 187 cm³/mol. The molecule has 0 unspecified atom stereocenters. The Labute approximate surface area is 272 Å². The molecule has 0 N–H and O–H groups in total. The average molecular weight is 667 g/mol. The Hall–Kier alpha value is -6.30. The normalized spacial score (nSPS) is 14.7. The van der Waals surface area contributed by atoms with Crippen molar-refractivity contribution in [2.45, 2.75) is 51.4 Å². The van der Waals surface area contributed by atoms with Crippen molar-refractivity contribution in [2.75, 3.05) is 0 Å². The first kappa shape index (κ1) is 29.8. The maximum absolute atomic E-state index is 13.9. The summed E-state index contributed by atoms with van der Waals surface area (Å²) in [6.45, 7) is 0. The predicted octanol–water partition coefficient (Wildman–Crippen LogP) is -0.687. The first-order chi connectivity index (χ1) is 23.9. The van der Waals surface area contributed by atoms with E-state index in [0.29, 0.717) is 25.7 Å². The Bertz CT molecular complexity index is 3100. The molecule has 0 aromatic heterocycles. The van der Waals surface area contributed by atoms with Gasteiger partial charge in [0.2, 0.25) is 21.7 Å². The summed E-state index contributed by atoms with van der Waals surface area (Å²) in [6.07, 6.45) is 3.02. The van der Waals surface area contributed by atoms with Crippen LogP contribution in [-0.4, -0.2) is 0 Å². The number of benzene rings is 7. The van der Waals surface area contributed by atoms with Gasteiger partial charge in [0.25, 0.3) is 0 Å². The highest BCUT2D eigenvalue weighted by Crippen LogP contribution is 2.21. The molecule has 0 saturated carbocycles. The van der Waals surface area contributed by atoms with Crippen LogP contribution >= 0.6 is 0 Å². The molecule has 0 atom stereocenters. The van der Waals surface area contributed by atoms with Crippen LogP contribution in [0.2, 0.25) is 0 Å². The van der Waals surface area contributed by atoms with Gasteiger partial charge in [-0.2, -0.15) is 0 Å². The fraction of sp³-hybridized carbons (Fsp3) is 0.211. The molecule has 0 heterocycles. The molecule has 2 aliphatic rings. The molecule has 0 spiro atoms. The van der Waals surface area contributed by atoms with Gasteiger partial charge >= 0.3 is 0 Å². The first-order valence-electron chi connectivity index (χ1n) is 16.0. The monoisotopic (exact) mass is 666 g/mol. The van der Waals surface area contributed by atoms with Crippen LogP contribution < -0.4 is 65.1 Å². The Balaban J connectivity index is 1.51. The van der Waals surface area contributed by atoms with Crippen molar-refractivity contribution in [3.63, 3.8) is 0 Å². The lowest BCUT2D eigenvalue weighted by atomic mass is 9.86. The quantitative estimate of drug-likeness (QED) is 0.185. The lowest BCUT2D eigenvalue weighted by Crippen LogP contribution is -2.36. The van der Waals surface area contributed by atoms with Crippen LogP contribution in [0.5, 0.6) is 0 Å². The second-order valence-corrected chi connectivity index (χ2v) is 13.2. The van der Waals surface area contributed by atoms with Crippen molar-refractivity contribution in [2.24, 2.45) is 0 Å². The van der Waals surface area contributed by atoms with Crippen molar-refractivity contribution in [1.29, 1.82) is 0 Å². The van der Waals surface area contributed by atoms with Gasteiger partial charge in [0, 0.05) is 43.8 Å². The van der Waals surface area contributed by atoms with Crippen LogP contribution in [0.1, 0.15) is 47.9 Å². The molecule has 7 aromatic rings. The molecule has 12 nitrogen and oxygen atoms in total. The van der Waals surface area contributed by atoms with Crippen molar-refractivity contribution >= 4 is 64.6 Å². The van der Waals surface area contributed by atoms with Crippen LogP contribution in [0.3, 0.4) is 0 Å². The van der Waals surface area contributed by atoms with Crippen LogP contribution in [-0.2, 0) is 25.7 Å². The highest BCUT2D eigenvalue weighted by molar-refractivity contribution is 6.11. The fourth-order valence-corrected chi connectivity index (χ4v) is 8.45. The van der Waals surface area contributed by atoms with E-state index in [9.17, 15) is 57.5 Å². The zero-order valence-corrected chi connectivity index (χ0v) is 25.7. The largest absolute Gasteiger partial charge is 0.289 e. The molecule has 50 heavy (non-hydrogen) atoms. The zero-order chi connectivity index (χ0) is 35.2. The molecule has 7 aromatic carbocycles. The van der Waals surface area contributed by atoms with E-state index >= 15 is 0 Å². The van der Waals surface area contributed by atoms with Gasteiger partial charge in [-0.15, -0.1) is 0 Å². The minimum atomic E-state index is -1.29. The van der Waals surface area contributed by atoms with Gasteiger partial charge in [0.1, 0.15) is 0 Å². The smallest absolute Gasteiger partial charge is 0.202 e. The molecule has 2 aliphatic carbocycles. The van der Waals surface area contributed by atoms with Crippen LogP contribution in [0, 0.1) is 0 Å². The number of fused-ring (bicyclic) bond motifs is 8. The molecule has 9 rings (SSSR count). The van der Waals surface area contributed by atoms with Crippen LogP contribution in [0.15, 0.2) is 69.7 Å². The van der Waals surface area contributed by atoms with E-state index in [1.54, 1.807) is 0 Å². The summed E-state index contributed by atoms with van der Waals surface area (Å²) < 4.78 is 0. The summed E-state index contributed by atoms with van der Waals surface area (Å²) >= 11 is 0. The third-order valence-electron chi connectivity index (χ3n) is 10.8. The lowest BCUT2D eigenvalue weighted by Gasteiger charge is -2.14. The fourth-order valence-electron chi connectivity index (χ4n) is 8.45. The third kappa shape index (κ3) is 3.35. The van der Waals surface area contributed by atoms with Gasteiger partial charge in [-0.25, -0.2) is 0 Å². The van der Waals surface area contributed by atoms with Gasteiger partial charge in [0.15, 0.2) is 43.4 Å². The second-order valence-electron chi connectivity index (χ2n) is 13.2. The van der Waals surface area contributed by atoms with E-state index < -0.39 is 130 Å². The van der Waals surface area contributed by atoms with Gasteiger partial charge < -0.3 is 0 Å². The number of hydrogen-bond donors (Lipinski definition) is 0. The van der Waals surface area contributed by atoms with E-state index in [-0.39, 0.29) is 47.9 Å². The van der Waals surface area contributed by atoms with E-state index in [0.717, 1.165) is 12.1 Å². The molecule has 0 amide bonds. The number of rotatable bonds is 0. The van der Waals surface area contributed by atoms with Crippen LogP contribution in [0.25, 0.3) is 64.6 Å². The summed E-state index contributed by atoms with van der Waals surface area (Å²) in [4.78, 5) is 165. The molecule has 0 fully saturated rings. The molecular formula is C38H18O12. The summed E-state index contributed by atoms with van der Waals surface area (Å²) in [6, 6.07) is 1.60. The minimum Gasteiger partial charge on any atom is -0.289 e. The molecule has 0 bridgehead atoms. The SMILES string of the molecule is O=c1c2c(c(=O)c3c(=O)c4c(=O)c5cc6c(=O)c7c(=O)c8c(=O)c9c(c(=O)c8c(=O)c7c(=O)c6cc5c(=O)c4c(=O)c13)CCCC9)CCCC2. The van der Waals surface area contributed by atoms with Gasteiger partial charge in [0.05, 0.1) is 43.1 Å². The van der Waals surface area contributed by atoms with Crippen molar-refractivity contribution in [1.82, 2.24) is 0 Å². The van der Waals surface area contributed by atoms with E-state index in [1.165, 1.54) is 0 Å². The first-order valence-corrected chi connectivity index (χ1v) is 16.0. The number of hydrogen-bond acceptors (Lipinski definition) is 12. The van der Waals surface area contributed by atoms with E-state index in [1.807, 2.05) is 0 Å². The summed E-state index contributed by atoms with van der Waals surface area (Å²) in [5, 5.41) is -9.35. The molecule has 12 heteroatoms. The van der Waals surface area contributed by atoms with Crippen molar-refractivity contribution in [3.8, 4) is 0 Å².